The predicted octanol–water partition coefficient (Wildman–Crippen LogP) is 3.23. The Balaban J connectivity index is 1.83. The number of fused-ring (bicyclic) bond motifs is 2. The number of aryl methyl sites for hydroxylation is 1. The lowest BCUT2D eigenvalue weighted by Crippen LogP contribution is -2.04. The van der Waals surface area contributed by atoms with Crippen LogP contribution in [0, 0.1) is 5.82 Å². The molecule has 1 aliphatic carbocycles. The summed E-state index contributed by atoms with van der Waals surface area (Å²) in [4.78, 5) is 15.3. The number of anilines is 1. The van der Waals surface area contributed by atoms with E-state index in [0.29, 0.717) is 16.8 Å². The number of amides is 1. The molecule has 1 aliphatic heterocycles. The van der Waals surface area contributed by atoms with Gasteiger partial charge < -0.3 is 15.4 Å². The summed E-state index contributed by atoms with van der Waals surface area (Å²) in [6, 6.07) is 4.58. The average molecular weight is 298 g/mol. The number of halogens is 1. The van der Waals surface area contributed by atoms with Crippen LogP contribution in [0.2, 0.25) is 0 Å². The molecule has 2 aromatic rings. The number of hydrogen-bond donors (Lipinski definition) is 3. The topological polar surface area (TPSA) is 65.1 Å². The van der Waals surface area contributed by atoms with Gasteiger partial charge in [0.2, 0.25) is 0 Å². The molecule has 0 unspecified atom stereocenters. The Morgan fingerprint density at radius 3 is 2.86 bits per heavy atom. The van der Waals surface area contributed by atoms with E-state index in [1.165, 1.54) is 6.07 Å². The first-order valence-electron chi connectivity index (χ1n) is 7.40. The van der Waals surface area contributed by atoms with Crippen molar-refractivity contribution in [3.05, 3.63) is 46.5 Å². The molecule has 1 aromatic heterocycles. The molecule has 1 aromatic carbocycles. The summed E-state index contributed by atoms with van der Waals surface area (Å²) >= 11 is 0. The van der Waals surface area contributed by atoms with Gasteiger partial charge in [0.15, 0.2) is 0 Å². The summed E-state index contributed by atoms with van der Waals surface area (Å²) in [6.07, 6.45) is 5.51. The van der Waals surface area contributed by atoms with Crippen LogP contribution in [0.1, 0.15) is 35.4 Å². The molecule has 2 aliphatic rings. The highest BCUT2D eigenvalue weighted by atomic mass is 19.1. The van der Waals surface area contributed by atoms with E-state index in [9.17, 15) is 14.3 Å². The van der Waals surface area contributed by atoms with Gasteiger partial charge in [0.1, 0.15) is 11.6 Å². The standard InChI is InChI=1S/C17H15FN2O2/c18-12-6-3-5-9-11(17(22)20-15(9)12)8-14-16(21)10-4-1-2-7-13(10)19-14/h3,5-6,8,19,21H,1-2,4,7H2,(H,20,22). The van der Waals surface area contributed by atoms with Crippen molar-refractivity contribution in [1.82, 2.24) is 4.98 Å². The largest absolute Gasteiger partial charge is 0.505 e. The van der Waals surface area contributed by atoms with Crippen LogP contribution in [0.5, 0.6) is 5.75 Å². The monoisotopic (exact) mass is 298 g/mol. The van der Waals surface area contributed by atoms with Crippen molar-refractivity contribution in [3.63, 3.8) is 0 Å². The number of benzene rings is 1. The van der Waals surface area contributed by atoms with Gasteiger partial charge in [0, 0.05) is 16.8 Å². The number of rotatable bonds is 1. The third-order valence-corrected chi connectivity index (χ3v) is 4.37. The van der Waals surface area contributed by atoms with Gasteiger partial charge in [0.25, 0.3) is 5.91 Å². The highest BCUT2D eigenvalue weighted by molar-refractivity contribution is 6.35. The van der Waals surface area contributed by atoms with Gasteiger partial charge in [0.05, 0.1) is 17.0 Å². The molecule has 4 rings (SSSR count). The quantitative estimate of drug-likeness (QED) is 0.708. The zero-order valence-corrected chi connectivity index (χ0v) is 11.9. The second kappa shape index (κ2) is 4.73. The van der Waals surface area contributed by atoms with Gasteiger partial charge >= 0.3 is 0 Å². The summed E-state index contributed by atoms with van der Waals surface area (Å²) in [5.41, 5.74) is 3.59. The number of carbonyl (C=O) groups excluding carboxylic acids is 1. The first kappa shape index (κ1) is 13.1. The fourth-order valence-electron chi connectivity index (χ4n) is 3.26. The maximum Gasteiger partial charge on any atom is 0.256 e. The molecule has 0 radical (unpaired) electrons. The van der Waals surface area contributed by atoms with Crippen LogP contribution in [0.25, 0.3) is 11.6 Å². The van der Waals surface area contributed by atoms with Crippen molar-refractivity contribution >= 4 is 23.2 Å². The van der Waals surface area contributed by atoms with Gasteiger partial charge in [-0.05, 0) is 37.8 Å². The number of aromatic hydroxyl groups is 1. The SMILES string of the molecule is O=C1Nc2c(F)cccc2C1=Cc1[nH]c2c(c1O)CCCC2. The van der Waals surface area contributed by atoms with Gasteiger partial charge in [-0.25, -0.2) is 4.39 Å². The first-order chi connectivity index (χ1) is 10.6. The van der Waals surface area contributed by atoms with E-state index in [2.05, 4.69) is 10.3 Å². The fraction of sp³-hybridized carbons (Fsp3) is 0.235. The van der Waals surface area contributed by atoms with E-state index >= 15 is 0 Å². The van der Waals surface area contributed by atoms with Gasteiger partial charge in [-0.1, -0.05) is 12.1 Å². The van der Waals surface area contributed by atoms with E-state index in [4.69, 9.17) is 0 Å². The molecule has 112 valence electrons. The fourth-order valence-corrected chi connectivity index (χ4v) is 3.26. The molecule has 0 atom stereocenters. The number of nitrogens with one attached hydrogen (secondary N) is 2. The van der Waals surface area contributed by atoms with Crippen molar-refractivity contribution in [2.24, 2.45) is 0 Å². The first-order valence-corrected chi connectivity index (χ1v) is 7.40. The Hall–Kier alpha value is -2.56. The molecule has 0 saturated heterocycles. The van der Waals surface area contributed by atoms with Gasteiger partial charge in [-0.3, -0.25) is 4.79 Å². The Labute approximate surface area is 126 Å². The van der Waals surface area contributed by atoms with Crippen LogP contribution in [-0.2, 0) is 17.6 Å². The molecule has 2 heterocycles. The van der Waals surface area contributed by atoms with Crippen molar-refractivity contribution < 1.29 is 14.3 Å². The maximum absolute atomic E-state index is 13.7. The number of para-hydroxylation sites is 1. The Kier molecular flexibility index (Phi) is 2.82. The lowest BCUT2D eigenvalue weighted by Gasteiger charge is -2.09. The third kappa shape index (κ3) is 1.85. The van der Waals surface area contributed by atoms with Crippen molar-refractivity contribution in [2.75, 3.05) is 5.32 Å². The van der Waals surface area contributed by atoms with Crippen molar-refractivity contribution in [3.8, 4) is 5.75 Å². The zero-order chi connectivity index (χ0) is 15.3. The number of H-pyrrole nitrogens is 1. The molecule has 1 amide bonds. The third-order valence-electron chi connectivity index (χ3n) is 4.37. The summed E-state index contributed by atoms with van der Waals surface area (Å²) < 4.78 is 13.7. The van der Waals surface area contributed by atoms with Crippen molar-refractivity contribution in [1.29, 1.82) is 0 Å². The van der Waals surface area contributed by atoms with Crippen molar-refractivity contribution in [2.45, 2.75) is 25.7 Å². The molecular formula is C17H15FN2O2. The van der Waals surface area contributed by atoms with E-state index in [1.807, 2.05) is 0 Å². The molecule has 3 N–H and O–H groups in total. The summed E-state index contributed by atoms with van der Waals surface area (Å²) in [5.74, 6) is -0.601. The number of hydrogen-bond acceptors (Lipinski definition) is 2. The van der Waals surface area contributed by atoms with Crippen LogP contribution in [-0.4, -0.2) is 16.0 Å². The minimum atomic E-state index is -0.454. The summed E-state index contributed by atoms with van der Waals surface area (Å²) in [6.45, 7) is 0. The summed E-state index contributed by atoms with van der Waals surface area (Å²) in [5, 5.41) is 12.9. The minimum absolute atomic E-state index is 0.203. The molecule has 0 spiro atoms. The number of carbonyl (C=O) groups is 1. The highest BCUT2D eigenvalue weighted by Crippen LogP contribution is 2.38. The van der Waals surface area contributed by atoms with Crippen LogP contribution >= 0.6 is 0 Å². The second-order valence-electron chi connectivity index (χ2n) is 5.73. The molecule has 22 heavy (non-hydrogen) atoms. The molecule has 4 nitrogen and oxygen atoms in total. The Morgan fingerprint density at radius 1 is 1.23 bits per heavy atom. The smallest absolute Gasteiger partial charge is 0.256 e. The number of aromatic amines is 1. The maximum atomic E-state index is 13.7. The Morgan fingerprint density at radius 2 is 2.05 bits per heavy atom. The van der Waals surface area contributed by atoms with E-state index in [1.54, 1.807) is 18.2 Å². The van der Waals surface area contributed by atoms with Crippen LogP contribution < -0.4 is 5.32 Å². The summed E-state index contributed by atoms with van der Waals surface area (Å²) in [7, 11) is 0. The minimum Gasteiger partial charge on any atom is -0.505 e. The Bertz CT molecular complexity index is 820. The molecule has 5 heteroatoms. The average Bonchev–Trinajstić information content (AvgIpc) is 3.00. The molecular weight excluding hydrogens is 283 g/mol. The molecule has 0 fully saturated rings. The van der Waals surface area contributed by atoms with Gasteiger partial charge in [-0.15, -0.1) is 0 Å². The van der Waals surface area contributed by atoms with Crippen LogP contribution in [0.4, 0.5) is 10.1 Å². The van der Waals surface area contributed by atoms with E-state index < -0.39 is 5.82 Å². The lowest BCUT2D eigenvalue weighted by atomic mass is 9.97. The van der Waals surface area contributed by atoms with E-state index in [0.717, 1.165) is 36.9 Å². The van der Waals surface area contributed by atoms with E-state index in [-0.39, 0.29) is 17.3 Å². The molecule has 0 saturated carbocycles. The van der Waals surface area contributed by atoms with Crippen LogP contribution in [0.15, 0.2) is 18.2 Å². The van der Waals surface area contributed by atoms with Crippen LogP contribution in [0.3, 0.4) is 0 Å². The molecule has 0 bridgehead atoms. The number of aromatic nitrogens is 1. The zero-order valence-electron chi connectivity index (χ0n) is 11.9. The highest BCUT2D eigenvalue weighted by Gasteiger charge is 2.28. The predicted molar refractivity (Wildman–Crippen MR) is 82.0 cm³/mol. The lowest BCUT2D eigenvalue weighted by molar-refractivity contribution is -0.110. The normalized spacial score (nSPS) is 18.2. The second-order valence-corrected chi connectivity index (χ2v) is 5.73. The van der Waals surface area contributed by atoms with Gasteiger partial charge in [-0.2, -0.15) is 0 Å².